The standard InChI is InChI=1S/C31H49N3O8S/c1-8-9-14-26(34-21(2)31(6,7)24-18-23(43(39,40)41)16-17-25(24)34)28(37)32-19-22(13-11-10-12-15-27(35)36)20-33-29(38)42-30(3,4)5/h16-18,22,26H,8-15,19-20H2,1-7H3,(H3-,32,33,35,36,37,38,39,40,41)/p+1. The summed E-state index contributed by atoms with van der Waals surface area (Å²) in [5.74, 6) is -1.11. The van der Waals surface area contributed by atoms with Gasteiger partial charge in [-0.3, -0.25) is 14.1 Å². The van der Waals surface area contributed by atoms with Crippen LogP contribution in [0.2, 0.25) is 0 Å². The van der Waals surface area contributed by atoms with Crippen LogP contribution in [-0.4, -0.2) is 71.1 Å². The zero-order chi connectivity index (χ0) is 32.6. The summed E-state index contributed by atoms with van der Waals surface area (Å²) < 4.78 is 40.7. The van der Waals surface area contributed by atoms with Crippen molar-refractivity contribution >= 4 is 39.5 Å². The summed E-state index contributed by atoms with van der Waals surface area (Å²) in [6, 6.07) is 3.93. The van der Waals surface area contributed by atoms with E-state index in [0.29, 0.717) is 25.8 Å². The quantitative estimate of drug-likeness (QED) is 0.111. The lowest BCUT2D eigenvalue weighted by molar-refractivity contribution is -0.470. The third-order valence-electron chi connectivity index (χ3n) is 7.91. The Kier molecular flexibility index (Phi) is 12.7. The van der Waals surface area contributed by atoms with E-state index in [1.165, 1.54) is 12.1 Å². The Balaban J connectivity index is 2.26. The maximum absolute atomic E-state index is 13.8. The second-order valence-corrected chi connectivity index (χ2v) is 14.3. The smallest absolute Gasteiger partial charge is 0.407 e. The number of fused-ring (bicyclic) bond motifs is 1. The van der Waals surface area contributed by atoms with Crippen molar-refractivity contribution in [2.24, 2.45) is 5.92 Å². The SMILES string of the molecule is CCCCC(C(=O)NCC(CCCCCC(=O)O)CNC(=O)OC(C)(C)C)[N+]1=C(C)C(C)(C)c2cc(S(=O)(=O)O)ccc21. The highest BCUT2D eigenvalue weighted by atomic mass is 32.2. The second-order valence-electron chi connectivity index (χ2n) is 12.9. The van der Waals surface area contributed by atoms with Gasteiger partial charge in [-0.05, 0) is 71.9 Å². The normalized spacial score (nSPS) is 15.9. The van der Waals surface area contributed by atoms with E-state index in [1.807, 2.05) is 25.3 Å². The molecule has 2 rings (SSSR count). The number of carbonyl (C=O) groups is 3. The molecule has 0 aromatic heterocycles. The molecule has 1 aromatic rings. The molecule has 0 saturated heterocycles. The van der Waals surface area contributed by atoms with Crippen molar-refractivity contribution in [3.8, 4) is 0 Å². The van der Waals surface area contributed by atoms with Crippen LogP contribution < -0.4 is 10.6 Å². The van der Waals surface area contributed by atoms with Gasteiger partial charge in [-0.25, -0.2) is 4.79 Å². The van der Waals surface area contributed by atoms with E-state index in [4.69, 9.17) is 9.84 Å². The van der Waals surface area contributed by atoms with Gasteiger partial charge in [0.1, 0.15) is 5.60 Å². The molecular formula is C31H50N3O8S+. The summed E-state index contributed by atoms with van der Waals surface area (Å²) in [4.78, 5) is 36.8. The van der Waals surface area contributed by atoms with Crippen LogP contribution in [0.5, 0.6) is 0 Å². The molecule has 4 N–H and O–H groups in total. The zero-order valence-electron chi connectivity index (χ0n) is 26.7. The molecule has 12 heteroatoms. The molecule has 1 heterocycles. The molecule has 0 radical (unpaired) electrons. The van der Waals surface area contributed by atoms with Crippen LogP contribution in [0.4, 0.5) is 10.5 Å². The Hall–Kier alpha value is -2.99. The molecule has 1 aromatic carbocycles. The topological polar surface area (TPSA) is 162 Å². The van der Waals surface area contributed by atoms with Gasteiger partial charge in [0, 0.05) is 44.5 Å². The number of hydrogen-bond donors (Lipinski definition) is 4. The van der Waals surface area contributed by atoms with E-state index in [9.17, 15) is 27.4 Å². The molecule has 2 atom stereocenters. The number of rotatable bonds is 16. The highest BCUT2D eigenvalue weighted by Gasteiger charge is 2.48. The Labute approximate surface area is 256 Å². The molecule has 11 nitrogen and oxygen atoms in total. The number of hydrogen-bond acceptors (Lipinski definition) is 6. The van der Waals surface area contributed by atoms with Gasteiger partial charge in [-0.15, -0.1) is 0 Å². The number of nitrogens with one attached hydrogen (secondary N) is 2. The number of carboxylic acids is 1. The number of ether oxygens (including phenoxy) is 1. The largest absolute Gasteiger partial charge is 0.481 e. The summed E-state index contributed by atoms with van der Waals surface area (Å²) in [6.07, 6.45) is 4.53. The van der Waals surface area contributed by atoms with E-state index in [-0.39, 0.29) is 29.7 Å². The number of aliphatic carboxylic acids is 1. The molecule has 1 aliphatic heterocycles. The van der Waals surface area contributed by atoms with Crippen LogP contribution >= 0.6 is 0 Å². The van der Waals surface area contributed by atoms with Crippen LogP contribution in [0.15, 0.2) is 23.1 Å². The molecular weight excluding hydrogens is 574 g/mol. The van der Waals surface area contributed by atoms with Crippen molar-refractivity contribution in [1.29, 1.82) is 0 Å². The number of benzene rings is 1. The van der Waals surface area contributed by atoms with Crippen LogP contribution in [0.25, 0.3) is 0 Å². The van der Waals surface area contributed by atoms with Gasteiger partial charge in [0.05, 0.1) is 10.3 Å². The summed E-state index contributed by atoms with van der Waals surface area (Å²) in [5.41, 5.74) is 1.13. The summed E-state index contributed by atoms with van der Waals surface area (Å²) in [5, 5.41) is 14.8. The monoisotopic (exact) mass is 624 g/mol. The molecule has 2 amide bonds. The summed E-state index contributed by atoms with van der Waals surface area (Å²) in [7, 11) is -4.39. The molecule has 0 spiro atoms. The lowest BCUT2D eigenvalue weighted by Crippen LogP contribution is -2.45. The Bertz CT molecular complexity index is 1300. The lowest BCUT2D eigenvalue weighted by Gasteiger charge is -2.23. The number of amides is 2. The van der Waals surface area contributed by atoms with Crippen molar-refractivity contribution in [2.75, 3.05) is 13.1 Å². The highest BCUT2D eigenvalue weighted by Crippen LogP contribution is 2.42. The Morgan fingerprint density at radius 2 is 1.67 bits per heavy atom. The number of alkyl carbamates (subject to hydrolysis) is 1. The maximum atomic E-state index is 13.8. The van der Waals surface area contributed by atoms with Gasteiger partial charge in [0.25, 0.3) is 16.0 Å². The predicted molar refractivity (Wildman–Crippen MR) is 165 cm³/mol. The number of carboxylic acid groups (broad SMARTS) is 1. The van der Waals surface area contributed by atoms with Crippen molar-refractivity contribution < 1.29 is 41.8 Å². The summed E-state index contributed by atoms with van der Waals surface area (Å²) in [6.45, 7) is 13.9. The minimum absolute atomic E-state index is 0.0992. The van der Waals surface area contributed by atoms with Gasteiger partial charge in [-0.1, -0.05) is 26.2 Å². The third kappa shape index (κ3) is 10.6. The zero-order valence-corrected chi connectivity index (χ0v) is 27.5. The first-order chi connectivity index (χ1) is 19.9. The predicted octanol–water partition coefficient (Wildman–Crippen LogP) is 5.18. The number of nitrogens with zero attached hydrogens (tertiary/aromatic N) is 1. The molecule has 0 fully saturated rings. The molecule has 0 aliphatic carbocycles. The molecule has 0 saturated carbocycles. The van der Waals surface area contributed by atoms with Crippen LogP contribution in [-0.2, 0) is 29.9 Å². The van der Waals surface area contributed by atoms with Gasteiger partial charge in [-0.2, -0.15) is 13.0 Å². The molecule has 1 aliphatic rings. The molecule has 43 heavy (non-hydrogen) atoms. The van der Waals surface area contributed by atoms with Crippen molar-refractivity contribution in [3.63, 3.8) is 0 Å². The first kappa shape index (κ1) is 36.2. The minimum atomic E-state index is -4.39. The average Bonchev–Trinajstić information content (AvgIpc) is 3.08. The number of unbranched alkanes of at least 4 members (excludes halogenated alkanes) is 3. The first-order valence-corrected chi connectivity index (χ1v) is 16.5. The second kappa shape index (κ2) is 15.1. The third-order valence-corrected chi connectivity index (χ3v) is 8.76. The van der Waals surface area contributed by atoms with Gasteiger partial charge in [0.2, 0.25) is 11.7 Å². The van der Waals surface area contributed by atoms with E-state index in [1.54, 1.807) is 26.8 Å². The van der Waals surface area contributed by atoms with E-state index < -0.39 is 39.2 Å². The number of carbonyl (C=O) groups excluding carboxylic acids is 2. The fourth-order valence-electron chi connectivity index (χ4n) is 5.31. The van der Waals surface area contributed by atoms with E-state index in [2.05, 4.69) is 17.6 Å². The fourth-order valence-corrected chi connectivity index (χ4v) is 5.81. The molecule has 242 valence electrons. The van der Waals surface area contributed by atoms with Gasteiger partial charge < -0.3 is 20.5 Å². The lowest BCUT2D eigenvalue weighted by atomic mass is 9.82. The van der Waals surface area contributed by atoms with Crippen LogP contribution in [0.3, 0.4) is 0 Å². The van der Waals surface area contributed by atoms with E-state index >= 15 is 0 Å². The van der Waals surface area contributed by atoms with E-state index in [0.717, 1.165) is 42.6 Å². The van der Waals surface area contributed by atoms with Crippen LogP contribution in [0.1, 0.15) is 105 Å². The van der Waals surface area contributed by atoms with Gasteiger partial charge >= 0.3 is 12.1 Å². The Morgan fingerprint density at radius 1 is 1.02 bits per heavy atom. The maximum Gasteiger partial charge on any atom is 0.407 e. The van der Waals surface area contributed by atoms with Crippen LogP contribution in [0, 0.1) is 5.92 Å². The van der Waals surface area contributed by atoms with Crippen molar-refractivity contribution in [3.05, 3.63) is 23.8 Å². The molecule has 0 bridgehead atoms. The average molecular weight is 625 g/mol. The molecule has 2 unspecified atom stereocenters. The van der Waals surface area contributed by atoms with Crippen molar-refractivity contribution in [1.82, 2.24) is 10.6 Å². The van der Waals surface area contributed by atoms with Gasteiger partial charge in [0.15, 0.2) is 5.71 Å². The summed E-state index contributed by atoms with van der Waals surface area (Å²) >= 11 is 0. The minimum Gasteiger partial charge on any atom is -0.481 e. The fraction of sp³-hybridized carbons (Fsp3) is 0.677. The Morgan fingerprint density at radius 3 is 2.26 bits per heavy atom. The first-order valence-electron chi connectivity index (χ1n) is 15.1. The highest BCUT2D eigenvalue weighted by molar-refractivity contribution is 7.85. The van der Waals surface area contributed by atoms with Crippen molar-refractivity contribution in [2.45, 2.75) is 122 Å².